The van der Waals surface area contributed by atoms with E-state index >= 15 is 0 Å². The van der Waals surface area contributed by atoms with Crippen molar-refractivity contribution < 1.29 is 0 Å². The van der Waals surface area contributed by atoms with Crippen molar-refractivity contribution in [2.75, 3.05) is 20.1 Å². The van der Waals surface area contributed by atoms with Crippen LogP contribution in [0.3, 0.4) is 0 Å². The molecule has 66 valence electrons. The number of allylic oxidation sites excluding steroid dienone is 4. The molecule has 0 spiro atoms. The maximum atomic E-state index is 2.43. The smallest absolute Gasteiger partial charge is 0.00180 e. The van der Waals surface area contributed by atoms with Crippen LogP contribution in [0.4, 0.5) is 0 Å². The van der Waals surface area contributed by atoms with Gasteiger partial charge in [-0.3, -0.25) is 0 Å². The molecule has 2 rings (SSSR count). The fourth-order valence-corrected chi connectivity index (χ4v) is 2.18. The fraction of sp³-hybridized carbons (Fsp3) is 0.636. The molecule has 0 radical (unpaired) electrons. The summed E-state index contributed by atoms with van der Waals surface area (Å²) in [7, 11) is 2.22. The number of piperidine rings is 1. The molecule has 0 unspecified atom stereocenters. The van der Waals surface area contributed by atoms with Crippen molar-refractivity contribution in [3.63, 3.8) is 0 Å². The Morgan fingerprint density at radius 3 is 2.25 bits per heavy atom. The molecule has 1 saturated heterocycles. The van der Waals surface area contributed by atoms with Crippen molar-refractivity contribution in [3.05, 3.63) is 24.3 Å². The molecule has 0 atom stereocenters. The zero-order chi connectivity index (χ0) is 8.39. The van der Waals surface area contributed by atoms with Crippen molar-refractivity contribution in [1.82, 2.24) is 4.90 Å². The van der Waals surface area contributed by atoms with Crippen LogP contribution in [0.15, 0.2) is 24.3 Å². The van der Waals surface area contributed by atoms with Gasteiger partial charge >= 0.3 is 0 Å². The Hall–Kier alpha value is -0.560. The second kappa shape index (κ2) is 3.44. The molecule has 1 nitrogen and oxygen atoms in total. The van der Waals surface area contributed by atoms with Gasteiger partial charge in [0.25, 0.3) is 0 Å². The second-order valence-corrected chi connectivity index (χ2v) is 3.99. The van der Waals surface area contributed by atoms with Crippen LogP contribution in [0.5, 0.6) is 0 Å². The molecule has 1 aliphatic carbocycles. The van der Waals surface area contributed by atoms with Gasteiger partial charge in [0.15, 0.2) is 0 Å². The Morgan fingerprint density at radius 2 is 1.67 bits per heavy atom. The largest absolute Gasteiger partial charge is 0.306 e. The lowest BCUT2D eigenvalue weighted by Gasteiger charge is -2.31. The van der Waals surface area contributed by atoms with Crippen LogP contribution in [-0.2, 0) is 0 Å². The van der Waals surface area contributed by atoms with E-state index in [0.717, 1.165) is 11.8 Å². The normalized spacial score (nSPS) is 27.1. The summed E-state index contributed by atoms with van der Waals surface area (Å²) >= 11 is 0. The van der Waals surface area contributed by atoms with Crippen molar-refractivity contribution >= 4 is 0 Å². The van der Waals surface area contributed by atoms with Gasteiger partial charge < -0.3 is 4.90 Å². The zero-order valence-electron chi connectivity index (χ0n) is 7.74. The summed E-state index contributed by atoms with van der Waals surface area (Å²) in [4.78, 5) is 2.43. The maximum Gasteiger partial charge on any atom is -0.00180 e. The quantitative estimate of drug-likeness (QED) is 0.572. The molecule has 0 aromatic heterocycles. The predicted octanol–water partition coefficient (Wildman–Crippen LogP) is 2.07. The SMILES string of the molecule is CN1CCC(C2C=CC=C2)CC1. The fourth-order valence-electron chi connectivity index (χ4n) is 2.18. The van der Waals surface area contributed by atoms with Gasteiger partial charge in [0, 0.05) is 0 Å². The minimum Gasteiger partial charge on any atom is -0.306 e. The van der Waals surface area contributed by atoms with Gasteiger partial charge in [0.2, 0.25) is 0 Å². The summed E-state index contributed by atoms with van der Waals surface area (Å²) in [6, 6.07) is 0. The van der Waals surface area contributed by atoms with Gasteiger partial charge in [-0.25, -0.2) is 0 Å². The van der Waals surface area contributed by atoms with Crippen LogP contribution in [0, 0.1) is 11.8 Å². The van der Waals surface area contributed by atoms with Gasteiger partial charge in [-0.15, -0.1) is 0 Å². The molecule has 0 N–H and O–H groups in total. The average Bonchev–Trinajstić information content (AvgIpc) is 2.58. The van der Waals surface area contributed by atoms with Crippen molar-refractivity contribution in [2.45, 2.75) is 12.8 Å². The van der Waals surface area contributed by atoms with Crippen LogP contribution in [0.2, 0.25) is 0 Å². The van der Waals surface area contributed by atoms with Gasteiger partial charge in [-0.2, -0.15) is 0 Å². The molecular formula is C11H17N. The Morgan fingerprint density at radius 1 is 1.08 bits per heavy atom. The van der Waals surface area contributed by atoms with Crippen LogP contribution in [0.25, 0.3) is 0 Å². The monoisotopic (exact) mass is 163 g/mol. The van der Waals surface area contributed by atoms with E-state index < -0.39 is 0 Å². The van der Waals surface area contributed by atoms with E-state index in [1.807, 2.05) is 0 Å². The molecule has 0 saturated carbocycles. The summed E-state index contributed by atoms with van der Waals surface area (Å²) in [5, 5.41) is 0. The van der Waals surface area contributed by atoms with Crippen molar-refractivity contribution in [2.24, 2.45) is 11.8 Å². The summed E-state index contributed by atoms with van der Waals surface area (Å²) in [5.74, 6) is 1.66. The third-order valence-corrected chi connectivity index (χ3v) is 3.09. The van der Waals surface area contributed by atoms with E-state index in [0.29, 0.717) is 0 Å². The first-order chi connectivity index (χ1) is 5.86. The highest BCUT2D eigenvalue weighted by Gasteiger charge is 2.22. The molecule has 1 fully saturated rings. The minimum absolute atomic E-state index is 0.749. The molecule has 1 heterocycles. The lowest BCUT2D eigenvalue weighted by atomic mass is 9.85. The van der Waals surface area contributed by atoms with Crippen molar-refractivity contribution in [3.8, 4) is 0 Å². The van der Waals surface area contributed by atoms with E-state index in [1.165, 1.54) is 25.9 Å². The highest BCUT2D eigenvalue weighted by molar-refractivity contribution is 5.18. The van der Waals surface area contributed by atoms with Crippen LogP contribution < -0.4 is 0 Å². The number of rotatable bonds is 1. The molecule has 1 aliphatic heterocycles. The van der Waals surface area contributed by atoms with Gasteiger partial charge in [0.05, 0.1) is 0 Å². The summed E-state index contributed by atoms with van der Waals surface area (Å²) in [5.41, 5.74) is 0. The first-order valence-electron chi connectivity index (χ1n) is 4.90. The predicted molar refractivity (Wildman–Crippen MR) is 52.0 cm³/mol. The Balaban J connectivity index is 1.89. The third-order valence-electron chi connectivity index (χ3n) is 3.09. The molecule has 0 bridgehead atoms. The van der Waals surface area contributed by atoms with E-state index in [4.69, 9.17) is 0 Å². The minimum atomic E-state index is 0.749. The summed E-state index contributed by atoms with van der Waals surface area (Å²) in [6.07, 6.45) is 11.8. The van der Waals surface area contributed by atoms with Crippen molar-refractivity contribution in [1.29, 1.82) is 0 Å². The highest BCUT2D eigenvalue weighted by atomic mass is 15.1. The van der Waals surface area contributed by atoms with E-state index in [9.17, 15) is 0 Å². The first-order valence-corrected chi connectivity index (χ1v) is 4.90. The number of nitrogens with zero attached hydrogens (tertiary/aromatic N) is 1. The summed E-state index contributed by atoms with van der Waals surface area (Å²) < 4.78 is 0. The van der Waals surface area contributed by atoms with Crippen LogP contribution in [0.1, 0.15) is 12.8 Å². The lowest BCUT2D eigenvalue weighted by Crippen LogP contribution is -2.32. The first kappa shape index (κ1) is 8.06. The van der Waals surface area contributed by atoms with Gasteiger partial charge in [0.1, 0.15) is 0 Å². The van der Waals surface area contributed by atoms with Gasteiger partial charge in [-0.1, -0.05) is 24.3 Å². The number of likely N-dealkylation sites (tertiary alicyclic amines) is 1. The van der Waals surface area contributed by atoms with Crippen LogP contribution in [-0.4, -0.2) is 25.0 Å². The molecule has 0 amide bonds. The second-order valence-electron chi connectivity index (χ2n) is 3.99. The van der Waals surface area contributed by atoms with E-state index in [1.54, 1.807) is 0 Å². The van der Waals surface area contributed by atoms with Crippen LogP contribution >= 0.6 is 0 Å². The van der Waals surface area contributed by atoms with E-state index in [2.05, 4.69) is 36.3 Å². The molecule has 12 heavy (non-hydrogen) atoms. The standard InChI is InChI=1S/C11H17N/c1-12-8-6-11(7-9-12)10-4-2-3-5-10/h2-5,10-11H,6-9H2,1H3. The Bertz CT molecular complexity index is 185. The third kappa shape index (κ3) is 1.61. The maximum absolute atomic E-state index is 2.43. The number of hydrogen-bond acceptors (Lipinski definition) is 1. The molecule has 0 aromatic carbocycles. The Labute approximate surface area is 74.8 Å². The lowest BCUT2D eigenvalue weighted by molar-refractivity contribution is 0.203. The summed E-state index contributed by atoms with van der Waals surface area (Å²) in [6.45, 7) is 2.56. The van der Waals surface area contributed by atoms with E-state index in [-0.39, 0.29) is 0 Å². The molecule has 1 heteroatoms. The topological polar surface area (TPSA) is 3.24 Å². The molecular weight excluding hydrogens is 146 g/mol. The average molecular weight is 163 g/mol. The molecule has 2 aliphatic rings. The Kier molecular flexibility index (Phi) is 2.31. The molecule has 0 aromatic rings. The number of hydrogen-bond donors (Lipinski definition) is 0. The zero-order valence-corrected chi connectivity index (χ0v) is 7.74. The highest BCUT2D eigenvalue weighted by Crippen LogP contribution is 2.28. The van der Waals surface area contributed by atoms with Gasteiger partial charge in [-0.05, 0) is 44.8 Å².